The molecule has 31 heavy (non-hydrogen) atoms. The average molecular weight is 451 g/mol. The standard InChI is InChI=1S/C20H26N4O6S/c25-17(26)12-15(9-4-8-14-6-2-1-3-7-14)20-22-18(23-30-20)19(27)24-31(28,29)16-10-5-11-21-13-16/h5,10-11,13-15H,1-4,6-9,12H2,(H,24,27)(H,25,26). The van der Waals surface area contributed by atoms with E-state index in [9.17, 15) is 23.1 Å². The Hall–Kier alpha value is -2.82. The molecule has 168 valence electrons. The molecular formula is C20H26N4O6S. The zero-order valence-corrected chi connectivity index (χ0v) is 17.9. The Morgan fingerprint density at radius 1 is 1.26 bits per heavy atom. The molecule has 1 aliphatic rings. The van der Waals surface area contributed by atoms with Gasteiger partial charge in [0.05, 0.1) is 6.42 Å². The van der Waals surface area contributed by atoms with Crippen molar-refractivity contribution in [1.82, 2.24) is 19.8 Å². The number of sulfonamides is 1. The van der Waals surface area contributed by atoms with Crippen molar-refractivity contribution in [2.45, 2.75) is 68.6 Å². The second kappa shape index (κ2) is 10.5. The van der Waals surface area contributed by atoms with Crippen LogP contribution < -0.4 is 4.72 Å². The van der Waals surface area contributed by atoms with Crippen LogP contribution in [0.4, 0.5) is 0 Å². The molecule has 0 aliphatic heterocycles. The first-order chi connectivity index (χ1) is 14.8. The van der Waals surface area contributed by atoms with Crippen LogP contribution in [-0.2, 0) is 14.8 Å². The summed E-state index contributed by atoms with van der Waals surface area (Å²) in [5, 5.41) is 12.8. The van der Waals surface area contributed by atoms with Gasteiger partial charge in [0.25, 0.3) is 15.8 Å². The summed E-state index contributed by atoms with van der Waals surface area (Å²) in [6, 6.07) is 2.72. The number of pyridine rings is 1. The van der Waals surface area contributed by atoms with E-state index >= 15 is 0 Å². The summed E-state index contributed by atoms with van der Waals surface area (Å²) < 4.78 is 31.5. The summed E-state index contributed by atoms with van der Waals surface area (Å²) in [6.07, 6.45) is 10.9. The molecule has 2 N–H and O–H groups in total. The maximum Gasteiger partial charge on any atom is 0.306 e. The van der Waals surface area contributed by atoms with Gasteiger partial charge in [0.1, 0.15) is 4.90 Å². The smallest absolute Gasteiger partial charge is 0.306 e. The Morgan fingerprint density at radius 3 is 2.71 bits per heavy atom. The number of carbonyl (C=O) groups is 2. The molecule has 1 atom stereocenters. The molecule has 1 unspecified atom stereocenters. The fraction of sp³-hybridized carbons (Fsp3) is 0.550. The Labute approximate surface area is 180 Å². The van der Waals surface area contributed by atoms with Crippen molar-refractivity contribution < 1.29 is 27.6 Å². The first kappa shape index (κ1) is 22.9. The average Bonchev–Trinajstić information content (AvgIpc) is 3.24. The van der Waals surface area contributed by atoms with E-state index in [1.165, 1.54) is 50.4 Å². The van der Waals surface area contributed by atoms with Crippen LogP contribution in [0.2, 0.25) is 0 Å². The molecule has 0 saturated heterocycles. The van der Waals surface area contributed by atoms with E-state index in [1.807, 2.05) is 4.72 Å². The number of aliphatic carboxylic acids is 1. The van der Waals surface area contributed by atoms with E-state index in [1.54, 1.807) is 0 Å². The van der Waals surface area contributed by atoms with Crippen LogP contribution in [0, 0.1) is 5.92 Å². The summed E-state index contributed by atoms with van der Waals surface area (Å²) >= 11 is 0. The molecule has 1 amide bonds. The van der Waals surface area contributed by atoms with Crippen LogP contribution >= 0.6 is 0 Å². The fourth-order valence-electron chi connectivity index (χ4n) is 3.88. The third kappa shape index (κ3) is 6.58. The molecule has 11 heteroatoms. The molecule has 2 heterocycles. The Balaban J connectivity index is 1.63. The molecular weight excluding hydrogens is 424 g/mol. The van der Waals surface area contributed by atoms with Gasteiger partial charge in [0, 0.05) is 18.3 Å². The Morgan fingerprint density at radius 2 is 2.03 bits per heavy atom. The minimum absolute atomic E-state index is 0.0231. The third-order valence-corrected chi connectivity index (χ3v) is 6.79. The van der Waals surface area contributed by atoms with Crippen LogP contribution in [0.3, 0.4) is 0 Å². The number of amides is 1. The molecule has 2 aromatic heterocycles. The van der Waals surface area contributed by atoms with Crippen molar-refractivity contribution in [1.29, 1.82) is 0 Å². The molecule has 0 radical (unpaired) electrons. The van der Waals surface area contributed by atoms with Crippen LogP contribution in [-0.4, -0.2) is 40.5 Å². The number of carbonyl (C=O) groups excluding carboxylic acids is 1. The SMILES string of the molecule is O=C(O)CC(CCCC1CCCCC1)c1nc(C(=O)NS(=O)(=O)c2cccnc2)no1. The molecule has 0 aromatic carbocycles. The normalized spacial score (nSPS) is 16.0. The van der Waals surface area contributed by atoms with Crippen LogP contribution in [0.5, 0.6) is 0 Å². The van der Waals surface area contributed by atoms with E-state index in [2.05, 4.69) is 15.1 Å². The lowest BCUT2D eigenvalue weighted by Crippen LogP contribution is -2.31. The number of carboxylic acids is 1. The Bertz CT molecular complexity index is 986. The van der Waals surface area contributed by atoms with Crippen molar-refractivity contribution in [2.24, 2.45) is 5.92 Å². The van der Waals surface area contributed by atoms with Gasteiger partial charge in [-0.05, 0) is 24.5 Å². The van der Waals surface area contributed by atoms with Crippen molar-refractivity contribution in [3.05, 3.63) is 36.2 Å². The van der Waals surface area contributed by atoms with Gasteiger partial charge in [-0.15, -0.1) is 0 Å². The summed E-state index contributed by atoms with van der Waals surface area (Å²) in [4.78, 5) is 31.1. The predicted octanol–water partition coefficient (Wildman–Crippen LogP) is 2.89. The predicted molar refractivity (Wildman–Crippen MR) is 109 cm³/mol. The van der Waals surface area contributed by atoms with Crippen molar-refractivity contribution >= 4 is 21.9 Å². The highest BCUT2D eigenvalue weighted by molar-refractivity contribution is 7.90. The van der Waals surface area contributed by atoms with Gasteiger partial charge >= 0.3 is 11.9 Å². The van der Waals surface area contributed by atoms with Crippen LogP contribution in [0.1, 0.15) is 80.2 Å². The summed E-state index contributed by atoms with van der Waals surface area (Å²) in [7, 11) is -4.14. The minimum atomic E-state index is -4.14. The minimum Gasteiger partial charge on any atom is -0.481 e. The quantitative estimate of drug-likeness (QED) is 0.556. The largest absolute Gasteiger partial charge is 0.481 e. The molecule has 0 spiro atoms. The van der Waals surface area contributed by atoms with Gasteiger partial charge in [-0.2, -0.15) is 4.98 Å². The monoisotopic (exact) mass is 450 g/mol. The number of carboxylic acid groups (broad SMARTS) is 1. The lowest BCUT2D eigenvalue weighted by atomic mass is 9.84. The third-order valence-electron chi connectivity index (χ3n) is 5.48. The maximum atomic E-state index is 12.3. The number of nitrogens with one attached hydrogen (secondary N) is 1. The van der Waals surface area contributed by atoms with Gasteiger partial charge in [-0.25, -0.2) is 13.1 Å². The second-order valence-electron chi connectivity index (χ2n) is 7.81. The number of nitrogens with zero attached hydrogens (tertiary/aromatic N) is 3. The van der Waals surface area contributed by atoms with Gasteiger partial charge in [-0.3, -0.25) is 14.6 Å². The fourth-order valence-corrected chi connectivity index (χ4v) is 4.79. The van der Waals surface area contributed by atoms with Crippen molar-refractivity contribution in [3.8, 4) is 0 Å². The molecule has 3 rings (SSSR count). The van der Waals surface area contributed by atoms with Gasteiger partial charge in [0.15, 0.2) is 0 Å². The second-order valence-corrected chi connectivity index (χ2v) is 9.49. The van der Waals surface area contributed by atoms with E-state index in [0.29, 0.717) is 12.3 Å². The number of hydrogen-bond acceptors (Lipinski definition) is 8. The molecule has 1 aliphatic carbocycles. The summed E-state index contributed by atoms with van der Waals surface area (Å²) in [5.74, 6) is -2.38. The van der Waals surface area contributed by atoms with E-state index in [0.717, 1.165) is 19.0 Å². The van der Waals surface area contributed by atoms with E-state index < -0.39 is 33.6 Å². The number of aromatic nitrogens is 3. The Kier molecular flexibility index (Phi) is 7.72. The molecule has 0 bridgehead atoms. The van der Waals surface area contributed by atoms with Crippen LogP contribution in [0.15, 0.2) is 33.9 Å². The number of hydrogen-bond donors (Lipinski definition) is 2. The lowest BCUT2D eigenvalue weighted by molar-refractivity contribution is -0.137. The summed E-state index contributed by atoms with van der Waals surface area (Å²) in [6.45, 7) is 0. The highest BCUT2D eigenvalue weighted by Crippen LogP contribution is 2.31. The van der Waals surface area contributed by atoms with Crippen LogP contribution in [0.25, 0.3) is 0 Å². The maximum absolute atomic E-state index is 12.3. The summed E-state index contributed by atoms with van der Waals surface area (Å²) in [5.41, 5.74) is 0. The molecule has 1 saturated carbocycles. The lowest BCUT2D eigenvalue weighted by Gasteiger charge is -2.21. The van der Waals surface area contributed by atoms with E-state index in [-0.39, 0.29) is 17.2 Å². The van der Waals surface area contributed by atoms with Crippen molar-refractivity contribution in [2.75, 3.05) is 0 Å². The first-order valence-corrected chi connectivity index (χ1v) is 11.9. The topological polar surface area (TPSA) is 152 Å². The highest BCUT2D eigenvalue weighted by atomic mass is 32.2. The zero-order valence-electron chi connectivity index (χ0n) is 17.1. The zero-order chi connectivity index (χ0) is 22.3. The highest BCUT2D eigenvalue weighted by Gasteiger charge is 2.27. The van der Waals surface area contributed by atoms with E-state index in [4.69, 9.17) is 4.52 Å². The molecule has 2 aromatic rings. The van der Waals surface area contributed by atoms with Gasteiger partial charge < -0.3 is 9.63 Å². The number of rotatable bonds is 10. The molecule has 1 fully saturated rings. The molecule has 10 nitrogen and oxygen atoms in total. The first-order valence-electron chi connectivity index (χ1n) is 10.4. The van der Waals surface area contributed by atoms with Crippen molar-refractivity contribution in [3.63, 3.8) is 0 Å². The van der Waals surface area contributed by atoms with Gasteiger partial charge in [-0.1, -0.05) is 50.1 Å². The van der Waals surface area contributed by atoms with Gasteiger partial charge in [0.2, 0.25) is 5.89 Å².